The first-order valence-corrected chi connectivity index (χ1v) is 9.03. The lowest BCUT2D eigenvalue weighted by Crippen LogP contribution is -2.42. The Kier molecular flexibility index (Phi) is 5.14. The van der Waals surface area contributed by atoms with Crippen molar-refractivity contribution in [2.75, 3.05) is 44.2 Å². The number of anilines is 1. The first kappa shape index (κ1) is 18.2. The molecule has 2 aliphatic rings. The number of hydrogen-bond acceptors (Lipinski definition) is 5. The van der Waals surface area contributed by atoms with Crippen LogP contribution in [0, 0.1) is 11.3 Å². The van der Waals surface area contributed by atoms with Crippen LogP contribution < -0.4 is 10.2 Å². The van der Waals surface area contributed by atoms with Gasteiger partial charge in [-0.3, -0.25) is 14.6 Å². The summed E-state index contributed by atoms with van der Waals surface area (Å²) in [6.07, 6.45) is 0.978. The standard InChI is InChI=1S/C19H25N5O2/c1-19(2)17(25)24(18(26)21-19)13-11-22-8-5-9-23(12-10-22)16-7-4-3-6-15(16)14-20/h3-4,6-7H,5,8-13H2,1-2H3,(H,21,26). The smallest absolute Gasteiger partial charge is 0.325 e. The van der Waals surface area contributed by atoms with E-state index in [-0.39, 0.29) is 11.9 Å². The monoisotopic (exact) mass is 355 g/mol. The predicted octanol–water partition coefficient (Wildman–Crippen LogP) is 1.40. The Balaban J connectivity index is 1.57. The van der Waals surface area contributed by atoms with Gasteiger partial charge in [0.15, 0.2) is 0 Å². The number of amides is 3. The molecule has 0 unspecified atom stereocenters. The first-order valence-electron chi connectivity index (χ1n) is 9.03. The summed E-state index contributed by atoms with van der Waals surface area (Å²) in [5, 5.41) is 12.0. The Morgan fingerprint density at radius 3 is 2.58 bits per heavy atom. The van der Waals surface area contributed by atoms with Crippen molar-refractivity contribution in [3.05, 3.63) is 29.8 Å². The molecule has 0 bridgehead atoms. The zero-order valence-corrected chi connectivity index (χ0v) is 15.4. The number of imide groups is 1. The number of carbonyl (C=O) groups excluding carboxylic acids is 2. The second kappa shape index (κ2) is 7.34. The summed E-state index contributed by atoms with van der Waals surface area (Å²) in [5.74, 6) is -0.165. The van der Waals surface area contributed by atoms with E-state index in [9.17, 15) is 14.9 Å². The van der Waals surface area contributed by atoms with E-state index in [0.717, 1.165) is 38.3 Å². The van der Waals surface area contributed by atoms with E-state index in [2.05, 4.69) is 21.2 Å². The van der Waals surface area contributed by atoms with Gasteiger partial charge >= 0.3 is 6.03 Å². The van der Waals surface area contributed by atoms with Crippen molar-refractivity contribution in [1.82, 2.24) is 15.1 Å². The fourth-order valence-electron chi connectivity index (χ4n) is 3.54. The number of carbonyl (C=O) groups is 2. The maximum absolute atomic E-state index is 12.3. The Morgan fingerprint density at radius 2 is 1.88 bits per heavy atom. The normalized spacial score (nSPS) is 20.7. The minimum Gasteiger partial charge on any atom is -0.369 e. The third-order valence-corrected chi connectivity index (χ3v) is 5.04. The van der Waals surface area contributed by atoms with Gasteiger partial charge in [-0.25, -0.2) is 4.79 Å². The van der Waals surface area contributed by atoms with Crippen molar-refractivity contribution in [3.63, 3.8) is 0 Å². The fourth-order valence-corrected chi connectivity index (χ4v) is 3.54. The summed E-state index contributed by atoms with van der Waals surface area (Å²) < 4.78 is 0. The lowest BCUT2D eigenvalue weighted by molar-refractivity contribution is -0.130. The largest absolute Gasteiger partial charge is 0.369 e. The van der Waals surface area contributed by atoms with Crippen molar-refractivity contribution in [2.45, 2.75) is 25.8 Å². The van der Waals surface area contributed by atoms with Gasteiger partial charge in [-0.05, 0) is 38.9 Å². The summed E-state index contributed by atoms with van der Waals surface area (Å²) in [5.41, 5.74) is 0.864. The quantitative estimate of drug-likeness (QED) is 0.826. The van der Waals surface area contributed by atoms with Gasteiger partial charge < -0.3 is 10.2 Å². The van der Waals surface area contributed by atoms with E-state index in [0.29, 0.717) is 18.7 Å². The number of nitriles is 1. The third-order valence-electron chi connectivity index (χ3n) is 5.04. The molecule has 2 saturated heterocycles. The summed E-state index contributed by atoms with van der Waals surface area (Å²) >= 11 is 0. The van der Waals surface area contributed by atoms with E-state index in [1.54, 1.807) is 13.8 Å². The Bertz CT molecular complexity index is 740. The number of nitrogens with one attached hydrogen (secondary N) is 1. The lowest BCUT2D eigenvalue weighted by atomic mass is 10.1. The summed E-state index contributed by atoms with van der Waals surface area (Å²) in [7, 11) is 0. The van der Waals surface area contributed by atoms with Crippen LogP contribution in [0.4, 0.5) is 10.5 Å². The Hall–Kier alpha value is -2.59. The van der Waals surface area contributed by atoms with Crippen molar-refractivity contribution < 1.29 is 9.59 Å². The van der Waals surface area contributed by atoms with Gasteiger partial charge in [0.05, 0.1) is 11.3 Å². The third kappa shape index (κ3) is 3.65. The van der Waals surface area contributed by atoms with Crippen LogP contribution in [-0.4, -0.2) is 66.5 Å². The molecule has 0 atom stereocenters. The van der Waals surface area contributed by atoms with Crippen LogP contribution >= 0.6 is 0 Å². The SMILES string of the molecule is CC1(C)NC(=O)N(CCN2CCCN(c3ccccc3C#N)CC2)C1=O. The topological polar surface area (TPSA) is 79.7 Å². The molecule has 26 heavy (non-hydrogen) atoms. The minimum absolute atomic E-state index is 0.165. The van der Waals surface area contributed by atoms with E-state index in [1.807, 2.05) is 24.3 Å². The molecule has 0 aromatic heterocycles. The van der Waals surface area contributed by atoms with Crippen molar-refractivity contribution in [1.29, 1.82) is 5.26 Å². The predicted molar refractivity (Wildman–Crippen MR) is 98.8 cm³/mol. The van der Waals surface area contributed by atoms with Crippen LogP contribution in [0.15, 0.2) is 24.3 Å². The molecule has 0 spiro atoms. The highest BCUT2D eigenvalue weighted by molar-refractivity contribution is 6.06. The number of para-hydroxylation sites is 1. The molecule has 0 saturated carbocycles. The average molecular weight is 355 g/mol. The zero-order chi connectivity index (χ0) is 18.7. The number of hydrogen-bond donors (Lipinski definition) is 1. The van der Waals surface area contributed by atoms with E-state index in [1.165, 1.54) is 4.90 Å². The molecule has 2 heterocycles. The molecule has 1 N–H and O–H groups in total. The number of urea groups is 1. The fraction of sp³-hybridized carbons (Fsp3) is 0.526. The lowest BCUT2D eigenvalue weighted by Gasteiger charge is -2.25. The molecule has 1 aromatic rings. The summed E-state index contributed by atoms with van der Waals surface area (Å²) in [6.45, 7) is 8.00. The molecular formula is C19H25N5O2. The number of rotatable bonds is 4. The van der Waals surface area contributed by atoms with Crippen LogP contribution in [-0.2, 0) is 4.79 Å². The highest BCUT2D eigenvalue weighted by atomic mass is 16.2. The molecule has 138 valence electrons. The first-order chi connectivity index (χ1) is 12.4. The number of benzene rings is 1. The molecule has 3 rings (SSSR count). The molecule has 7 heteroatoms. The van der Waals surface area contributed by atoms with Crippen LogP contribution in [0.5, 0.6) is 0 Å². The average Bonchev–Trinajstić information content (AvgIpc) is 2.79. The van der Waals surface area contributed by atoms with Crippen LogP contribution in [0.3, 0.4) is 0 Å². The van der Waals surface area contributed by atoms with Crippen molar-refractivity contribution in [2.24, 2.45) is 0 Å². The van der Waals surface area contributed by atoms with E-state index >= 15 is 0 Å². The minimum atomic E-state index is -0.812. The van der Waals surface area contributed by atoms with Crippen molar-refractivity contribution >= 4 is 17.6 Å². The van der Waals surface area contributed by atoms with Gasteiger partial charge in [0, 0.05) is 32.7 Å². The Morgan fingerprint density at radius 1 is 1.12 bits per heavy atom. The van der Waals surface area contributed by atoms with Crippen LogP contribution in [0.1, 0.15) is 25.8 Å². The van der Waals surface area contributed by atoms with Crippen molar-refractivity contribution in [3.8, 4) is 6.07 Å². The second-order valence-electron chi connectivity index (χ2n) is 7.32. The van der Waals surface area contributed by atoms with E-state index in [4.69, 9.17) is 0 Å². The summed E-state index contributed by atoms with van der Waals surface area (Å²) in [4.78, 5) is 30.1. The zero-order valence-electron chi connectivity index (χ0n) is 15.4. The summed E-state index contributed by atoms with van der Waals surface area (Å²) in [6, 6.07) is 9.63. The van der Waals surface area contributed by atoms with Gasteiger partial charge in [0.1, 0.15) is 11.6 Å². The molecule has 2 fully saturated rings. The molecule has 7 nitrogen and oxygen atoms in total. The highest BCUT2D eigenvalue weighted by Crippen LogP contribution is 2.21. The highest BCUT2D eigenvalue weighted by Gasteiger charge is 2.43. The molecule has 2 aliphatic heterocycles. The number of nitrogens with zero attached hydrogens (tertiary/aromatic N) is 4. The van der Waals surface area contributed by atoms with Crippen LogP contribution in [0.2, 0.25) is 0 Å². The molecule has 0 aliphatic carbocycles. The molecular weight excluding hydrogens is 330 g/mol. The Labute approximate surface area is 154 Å². The van der Waals surface area contributed by atoms with Gasteiger partial charge in [-0.1, -0.05) is 12.1 Å². The maximum atomic E-state index is 12.3. The van der Waals surface area contributed by atoms with Gasteiger partial charge in [0.25, 0.3) is 5.91 Å². The van der Waals surface area contributed by atoms with E-state index < -0.39 is 5.54 Å². The molecule has 3 amide bonds. The second-order valence-corrected chi connectivity index (χ2v) is 7.32. The molecule has 1 aromatic carbocycles. The van der Waals surface area contributed by atoms with Crippen LogP contribution in [0.25, 0.3) is 0 Å². The maximum Gasteiger partial charge on any atom is 0.325 e. The van der Waals surface area contributed by atoms with Gasteiger partial charge in [-0.15, -0.1) is 0 Å². The van der Waals surface area contributed by atoms with Gasteiger partial charge in [-0.2, -0.15) is 5.26 Å². The molecule has 0 radical (unpaired) electrons. The van der Waals surface area contributed by atoms with Gasteiger partial charge in [0.2, 0.25) is 0 Å².